The lowest BCUT2D eigenvalue weighted by atomic mass is 10.1. The van der Waals surface area contributed by atoms with Gasteiger partial charge in [0.25, 0.3) is 0 Å². The molecule has 1 aliphatic rings. The van der Waals surface area contributed by atoms with Crippen LogP contribution in [-0.4, -0.2) is 0 Å². The molecule has 0 unspecified atom stereocenters. The average molecular weight is 172 g/mol. The summed E-state index contributed by atoms with van der Waals surface area (Å²) in [5, 5.41) is 0. The van der Waals surface area contributed by atoms with Gasteiger partial charge in [-0.1, -0.05) is 55.5 Å². The third kappa shape index (κ3) is 2.09. The highest BCUT2D eigenvalue weighted by molar-refractivity contribution is 5.58. The topological polar surface area (TPSA) is 0 Å². The van der Waals surface area contributed by atoms with Crippen molar-refractivity contribution < 1.29 is 0 Å². The van der Waals surface area contributed by atoms with Gasteiger partial charge in [0.2, 0.25) is 0 Å². The van der Waals surface area contributed by atoms with Gasteiger partial charge in [-0.25, -0.2) is 0 Å². The smallest absolute Gasteiger partial charge is 0.00858 e. The monoisotopic (exact) mass is 172 g/mol. The largest absolute Gasteiger partial charge is 0.0776 e. The highest BCUT2D eigenvalue weighted by Gasteiger charge is 1.99. The number of allylic oxidation sites excluding steroid dienone is 3. The first-order chi connectivity index (χ1) is 5.86. The van der Waals surface area contributed by atoms with E-state index in [1.54, 1.807) is 0 Å². The molecule has 0 bridgehead atoms. The van der Waals surface area contributed by atoms with Crippen LogP contribution >= 0.6 is 0 Å². The fourth-order valence-electron chi connectivity index (χ4n) is 1.44. The second kappa shape index (κ2) is 4.08. The Balaban J connectivity index is 0.000000845. The van der Waals surface area contributed by atoms with E-state index in [1.807, 2.05) is 0 Å². The zero-order chi connectivity index (χ0) is 8.39. The SMILES string of the molecule is C.CC1=CCc2ccccc2C=C1. The van der Waals surface area contributed by atoms with Crippen molar-refractivity contribution >= 4 is 6.08 Å². The van der Waals surface area contributed by atoms with E-state index in [9.17, 15) is 0 Å². The Bertz CT molecular complexity index is 343. The van der Waals surface area contributed by atoms with E-state index in [1.165, 1.54) is 16.7 Å². The molecule has 1 aromatic rings. The maximum Gasteiger partial charge on any atom is -0.00858 e. The molecule has 0 aromatic heterocycles. The summed E-state index contributed by atoms with van der Waals surface area (Å²) in [6.45, 7) is 2.14. The van der Waals surface area contributed by atoms with Crippen LogP contribution in [0, 0.1) is 0 Å². The van der Waals surface area contributed by atoms with Crippen molar-refractivity contribution in [3.63, 3.8) is 0 Å². The van der Waals surface area contributed by atoms with Crippen molar-refractivity contribution in [2.75, 3.05) is 0 Å². The van der Waals surface area contributed by atoms with Gasteiger partial charge >= 0.3 is 0 Å². The Morgan fingerprint density at radius 2 is 1.85 bits per heavy atom. The van der Waals surface area contributed by atoms with E-state index in [4.69, 9.17) is 0 Å². The second-order valence-electron chi connectivity index (χ2n) is 3.18. The van der Waals surface area contributed by atoms with Crippen LogP contribution < -0.4 is 0 Å². The molecule has 68 valence electrons. The van der Waals surface area contributed by atoms with Crippen LogP contribution in [0.4, 0.5) is 0 Å². The van der Waals surface area contributed by atoms with Gasteiger partial charge in [0.05, 0.1) is 0 Å². The van der Waals surface area contributed by atoms with Crippen LogP contribution in [0.2, 0.25) is 0 Å². The minimum absolute atomic E-state index is 0. The molecule has 0 spiro atoms. The molecule has 0 radical (unpaired) electrons. The summed E-state index contributed by atoms with van der Waals surface area (Å²) in [6, 6.07) is 8.54. The molecule has 0 saturated carbocycles. The maximum absolute atomic E-state index is 2.27. The van der Waals surface area contributed by atoms with Gasteiger partial charge in [-0.2, -0.15) is 0 Å². The molecule has 0 heteroatoms. The Labute approximate surface area is 80.6 Å². The highest BCUT2D eigenvalue weighted by Crippen LogP contribution is 2.17. The Morgan fingerprint density at radius 1 is 1.08 bits per heavy atom. The van der Waals surface area contributed by atoms with Gasteiger partial charge in [0.1, 0.15) is 0 Å². The fraction of sp³-hybridized carbons (Fsp3) is 0.231. The Morgan fingerprint density at radius 3 is 2.69 bits per heavy atom. The summed E-state index contributed by atoms with van der Waals surface area (Å²) in [5.74, 6) is 0. The van der Waals surface area contributed by atoms with E-state index in [0.717, 1.165) is 6.42 Å². The van der Waals surface area contributed by atoms with Crippen LogP contribution in [0.1, 0.15) is 25.5 Å². The number of benzene rings is 1. The molecule has 1 aromatic carbocycles. The molecule has 0 nitrogen and oxygen atoms in total. The quantitative estimate of drug-likeness (QED) is 0.557. The molecule has 0 aliphatic heterocycles. The van der Waals surface area contributed by atoms with E-state index in [2.05, 4.69) is 49.4 Å². The number of hydrogen-bond acceptors (Lipinski definition) is 0. The van der Waals surface area contributed by atoms with E-state index in [0.29, 0.717) is 0 Å². The highest BCUT2D eigenvalue weighted by atomic mass is 14.0. The lowest BCUT2D eigenvalue weighted by Crippen LogP contribution is -1.83. The van der Waals surface area contributed by atoms with Gasteiger partial charge in [-0.15, -0.1) is 0 Å². The summed E-state index contributed by atoms with van der Waals surface area (Å²) >= 11 is 0. The van der Waals surface area contributed by atoms with Crippen molar-refractivity contribution in [3.8, 4) is 0 Å². The molecule has 1 aliphatic carbocycles. The Kier molecular flexibility index (Phi) is 3.07. The summed E-state index contributed by atoms with van der Waals surface area (Å²) < 4.78 is 0. The van der Waals surface area contributed by atoms with Crippen LogP contribution in [0.5, 0.6) is 0 Å². The van der Waals surface area contributed by atoms with Gasteiger partial charge in [-0.05, 0) is 24.5 Å². The lowest BCUT2D eigenvalue weighted by Gasteiger charge is -1.99. The van der Waals surface area contributed by atoms with Crippen molar-refractivity contribution in [2.24, 2.45) is 0 Å². The van der Waals surface area contributed by atoms with Gasteiger partial charge in [-0.3, -0.25) is 0 Å². The van der Waals surface area contributed by atoms with E-state index >= 15 is 0 Å². The molecule has 0 amide bonds. The molecule has 13 heavy (non-hydrogen) atoms. The summed E-state index contributed by atoms with van der Waals surface area (Å²) in [5.41, 5.74) is 4.13. The molecular weight excluding hydrogens is 156 g/mol. The lowest BCUT2D eigenvalue weighted by molar-refractivity contribution is 1.24. The van der Waals surface area contributed by atoms with Crippen LogP contribution in [0.3, 0.4) is 0 Å². The van der Waals surface area contributed by atoms with Crippen LogP contribution in [0.25, 0.3) is 6.08 Å². The van der Waals surface area contributed by atoms with Crippen molar-refractivity contribution in [1.82, 2.24) is 0 Å². The first kappa shape index (κ1) is 9.79. The van der Waals surface area contributed by atoms with E-state index < -0.39 is 0 Å². The molecular formula is C13H16. The molecule has 2 rings (SSSR count). The Hall–Kier alpha value is -1.30. The normalized spacial score (nSPS) is 13.8. The summed E-state index contributed by atoms with van der Waals surface area (Å²) in [7, 11) is 0. The number of fused-ring (bicyclic) bond motifs is 1. The molecule has 0 N–H and O–H groups in total. The summed E-state index contributed by atoms with van der Waals surface area (Å²) in [6.07, 6.45) is 7.69. The maximum atomic E-state index is 2.27. The minimum atomic E-state index is 0. The molecule has 0 fully saturated rings. The van der Waals surface area contributed by atoms with Crippen LogP contribution in [0.15, 0.2) is 42.0 Å². The standard InChI is InChI=1S/C12H12.CH4/c1-10-6-8-11-4-2-3-5-12(11)9-7-10;/h2-8H,9H2,1H3;1H4. The van der Waals surface area contributed by atoms with Crippen molar-refractivity contribution in [2.45, 2.75) is 20.8 Å². The van der Waals surface area contributed by atoms with E-state index in [-0.39, 0.29) is 7.43 Å². The fourth-order valence-corrected chi connectivity index (χ4v) is 1.44. The first-order valence-corrected chi connectivity index (χ1v) is 4.29. The number of hydrogen-bond donors (Lipinski definition) is 0. The van der Waals surface area contributed by atoms with Gasteiger partial charge in [0.15, 0.2) is 0 Å². The predicted molar refractivity (Wildman–Crippen MR) is 59.7 cm³/mol. The van der Waals surface area contributed by atoms with Gasteiger partial charge in [0, 0.05) is 0 Å². The molecule has 0 atom stereocenters. The minimum Gasteiger partial charge on any atom is -0.0776 e. The molecule has 0 saturated heterocycles. The third-order valence-electron chi connectivity index (χ3n) is 2.22. The van der Waals surface area contributed by atoms with Crippen molar-refractivity contribution in [3.05, 3.63) is 53.1 Å². The molecule has 0 heterocycles. The van der Waals surface area contributed by atoms with Gasteiger partial charge < -0.3 is 0 Å². The zero-order valence-electron chi connectivity index (χ0n) is 7.25. The first-order valence-electron chi connectivity index (χ1n) is 4.29. The number of rotatable bonds is 0. The van der Waals surface area contributed by atoms with Crippen molar-refractivity contribution in [1.29, 1.82) is 0 Å². The van der Waals surface area contributed by atoms with Crippen LogP contribution in [-0.2, 0) is 6.42 Å². The third-order valence-corrected chi connectivity index (χ3v) is 2.22. The predicted octanol–water partition coefficient (Wildman–Crippen LogP) is 3.84. The second-order valence-corrected chi connectivity index (χ2v) is 3.18. The average Bonchev–Trinajstić information content (AvgIpc) is 2.29. The zero-order valence-corrected chi connectivity index (χ0v) is 7.25. The summed E-state index contributed by atoms with van der Waals surface area (Å²) in [4.78, 5) is 0.